The zero-order valence-electron chi connectivity index (χ0n) is 6.06. The van der Waals surface area contributed by atoms with Crippen molar-refractivity contribution in [3.8, 4) is 0 Å². The Labute approximate surface area is 70.3 Å². The van der Waals surface area contributed by atoms with Gasteiger partial charge in [0.1, 0.15) is 0 Å². The van der Waals surface area contributed by atoms with Crippen LogP contribution in [0, 0.1) is 0 Å². The third-order valence-corrected chi connectivity index (χ3v) is 3.69. The van der Waals surface area contributed by atoms with Crippen LogP contribution in [-0.4, -0.2) is 37.7 Å². The SMILES string of the molecule is C1CNCCSSCCN1. The molecule has 1 fully saturated rings. The van der Waals surface area contributed by atoms with Crippen molar-refractivity contribution in [1.29, 1.82) is 0 Å². The van der Waals surface area contributed by atoms with Crippen molar-refractivity contribution in [1.82, 2.24) is 10.6 Å². The number of hydrogen-bond acceptors (Lipinski definition) is 4. The summed E-state index contributed by atoms with van der Waals surface area (Å²) in [6.45, 7) is 4.54. The van der Waals surface area contributed by atoms with Crippen LogP contribution in [0.1, 0.15) is 0 Å². The van der Waals surface area contributed by atoms with Gasteiger partial charge < -0.3 is 10.6 Å². The molecule has 60 valence electrons. The first-order valence-corrected chi connectivity index (χ1v) is 6.15. The second-order valence-electron chi connectivity index (χ2n) is 2.14. The molecule has 0 radical (unpaired) electrons. The lowest BCUT2D eigenvalue weighted by Crippen LogP contribution is -2.30. The van der Waals surface area contributed by atoms with E-state index >= 15 is 0 Å². The maximum Gasteiger partial charge on any atom is 0.0162 e. The maximum atomic E-state index is 3.36. The van der Waals surface area contributed by atoms with E-state index in [0.717, 1.165) is 26.2 Å². The van der Waals surface area contributed by atoms with E-state index in [1.165, 1.54) is 11.5 Å². The van der Waals surface area contributed by atoms with Crippen molar-refractivity contribution < 1.29 is 0 Å². The van der Waals surface area contributed by atoms with E-state index in [4.69, 9.17) is 0 Å². The molecule has 2 N–H and O–H groups in total. The molecule has 0 unspecified atom stereocenters. The van der Waals surface area contributed by atoms with Crippen LogP contribution in [0.15, 0.2) is 0 Å². The topological polar surface area (TPSA) is 24.1 Å². The minimum atomic E-state index is 1.12. The molecule has 0 bridgehead atoms. The number of hydrogen-bond donors (Lipinski definition) is 2. The fourth-order valence-electron chi connectivity index (χ4n) is 0.772. The Bertz CT molecular complexity index is 46.9. The summed E-state index contributed by atoms with van der Waals surface area (Å²) in [5, 5.41) is 6.72. The van der Waals surface area contributed by atoms with Gasteiger partial charge in [0.15, 0.2) is 0 Å². The van der Waals surface area contributed by atoms with Gasteiger partial charge in [-0.3, -0.25) is 0 Å². The van der Waals surface area contributed by atoms with E-state index in [2.05, 4.69) is 10.6 Å². The molecule has 0 atom stereocenters. The molecule has 0 aromatic carbocycles. The highest BCUT2D eigenvalue weighted by atomic mass is 33.1. The lowest BCUT2D eigenvalue weighted by molar-refractivity contribution is 0.645. The lowest BCUT2D eigenvalue weighted by atomic mass is 10.5. The van der Waals surface area contributed by atoms with Crippen LogP contribution in [0.4, 0.5) is 0 Å². The Kier molecular flexibility index (Phi) is 5.52. The van der Waals surface area contributed by atoms with Crippen LogP contribution >= 0.6 is 21.6 Å². The molecule has 4 heteroatoms. The molecule has 2 nitrogen and oxygen atoms in total. The van der Waals surface area contributed by atoms with Gasteiger partial charge in [-0.15, -0.1) is 0 Å². The Hall–Kier alpha value is 0.620. The standard InChI is InChI=1S/C6H14N2S2/c1-2-8-4-6-10-9-5-3-7-1/h7-8H,1-6H2. The number of rotatable bonds is 0. The van der Waals surface area contributed by atoms with E-state index in [9.17, 15) is 0 Å². The molecule has 1 rings (SSSR count). The highest BCUT2D eigenvalue weighted by Gasteiger charge is 1.94. The average Bonchev–Trinajstić information content (AvgIpc) is 2.01. The van der Waals surface area contributed by atoms with Crippen molar-refractivity contribution >= 4 is 21.6 Å². The molecule has 0 saturated carbocycles. The highest BCUT2D eigenvalue weighted by molar-refractivity contribution is 8.76. The van der Waals surface area contributed by atoms with Gasteiger partial charge >= 0.3 is 0 Å². The smallest absolute Gasteiger partial charge is 0.0162 e. The van der Waals surface area contributed by atoms with Crippen molar-refractivity contribution in [3.05, 3.63) is 0 Å². The van der Waals surface area contributed by atoms with Crippen LogP contribution in [0.5, 0.6) is 0 Å². The third-order valence-electron chi connectivity index (χ3n) is 1.29. The highest BCUT2D eigenvalue weighted by Crippen LogP contribution is 2.19. The van der Waals surface area contributed by atoms with E-state index in [-0.39, 0.29) is 0 Å². The predicted molar refractivity (Wildman–Crippen MR) is 50.7 cm³/mol. The molecule has 0 aromatic heterocycles. The first-order chi connectivity index (χ1) is 5.00. The van der Waals surface area contributed by atoms with E-state index < -0.39 is 0 Å². The van der Waals surface area contributed by atoms with Gasteiger partial charge in [-0.2, -0.15) is 0 Å². The zero-order chi connectivity index (χ0) is 7.07. The fraction of sp³-hybridized carbons (Fsp3) is 1.00. The van der Waals surface area contributed by atoms with Crippen LogP contribution in [0.2, 0.25) is 0 Å². The van der Waals surface area contributed by atoms with Crippen LogP contribution in [-0.2, 0) is 0 Å². The summed E-state index contributed by atoms with van der Waals surface area (Å²) in [4.78, 5) is 0. The largest absolute Gasteiger partial charge is 0.315 e. The minimum Gasteiger partial charge on any atom is -0.315 e. The van der Waals surface area contributed by atoms with E-state index in [0.29, 0.717) is 0 Å². The fourth-order valence-corrected chi connectivity index (χ4v) is 2.67. The van der Waals surface area contributed by atoms with Gasteiger partial charge in [-0.05, 0) is 0 Å². The molecule has 1 aliphatic heterocycles. The Morgan fingerprint density at radius 1 is 0.700 bits per heavy atom. The summed E-state index contributed by atoms with van der Waals surface area (Å²) in [5.74, 6) is 2.48. The third kappa shape index (κ3) is 4.44. The summed E-state index contributed by atoms with van der Waals surface area (Å²) in [6.07, 6.45) is 0. The molecule has 1 heterocycles. The van der Waals surface area contributed by atoms with Crippen molar-refractivity contribution in [3.63, 3.8) is 0 Å². The van der Waals surface area contributed by atoms with Gasteiger partial charge in [0.25, 0.3) is 0 Å². The van der Waals surface area contributed by atoms with Gasteiger partial charge in [0, 0.05) is 37.7 Å². The summed E-state index contributed by atoms with van der Waals surface area (Å²) in [6, 6.07) is 0. The average molecular weight is 178 g/mol. The zero-order valence-corrected chi connectivity index (χ0v) is 7.69. The molecular weight excluding hydrogens is 164 g/mol. The van der Waals surface area contributed by atoms with Crippen molar-refractivity contribution in [2.75, 3.05) is 37.7 Å². The van der Waals surface area contributed by atoms with Gasteiger partial charge in [-0.25, -0.2) is 0 Å². The Morgan fingerprint density at radius 2 is 1.20 bits per heavy atom. The van der Waals surface area contributed by atoms with Crippen LogP contribution in [0.3, 0.4) is 0 Å². The van der Waals surface area contributed by atoms with Crippen molar-refractivity contribution in [2.45, 2.75) is 0 Å². The second-order valence-corrected chi connectivity index (χ2v) is 4.85. The monoisotopic (exact) mass is 178 g/mol. The summed E-state index contributed by atoms with van der Waals surface area (Å²) in [5.41, 5.74) is 0. The molecule has 0 spiro atoms. The van der Waals surface area contributed by atoms with Gasteiger partial charge in [0.05, 0.1) is 0 Å². The second kappa shape index (κ2) is 6.34. The van der Waals surface area contributed by atoms with E-state index in [1.54, 1.807) is 0 Å². The summed E-state index contributed by atoms with van der Waals surface area (Å²) >= 11 is 0. The van der Waals surface area contributed by atoms with Gasteiger partial charge in [-0.1, -0.05) is 21.6 Å². The molecule has 1 aliphatic rings. The quantitative estimate of drug-likeness (QED) is 0.529. The molecule has 0 aromatic rings. The van der Waals surface area contributed by atoms with E-state index in [1.807, 2.05) is 21.6 Å². The normalized spacial score (nSPS) is 24.0. The minimum absolute atomic E-state index is 1.12. The summed E-state index contributed by atoms with van der Waals surface area (Å²) in [7, 11) is 3.93. The molecular formula is C6H14N2S2. The van der Waals surface area contributed by atoms with Crippen LogP contribution < -0.4 is 10.6 Å². The lowest BCUT2D eigenvalue weighted by Gasteiger charge is -2.08. The van der Waals surface area contributed by atoms with Crippen LogP contribution in [0.25, 0.3) is 0 Å². The first kappa shape index (κ1) is 8.71. The predicted octanol–water partition coefficient (Wildman–Crippen LogP) is 0.561. The molecule has 0 amide bonds. The molecule has 1 saturated heterocycles. The Morgan fingerprint density at radius 3 is 1.70 bits per heavy atom. The maximum absolute atomic E-state index is 3.36. The number of nitrogens with one attached hydrogen (secondary N) is 2. The first-order valence-electron chi connectivity index (χ1n) is 3.66. The molecule has 10 heavy (non-hydrogen) atoms. The molecule has 0 aliphatic carbocycles. The Balaban J connectivity index is 2.00. The van der Waals surface area contributed by atoms with Crippen molar-refractivity contribution in [2.24, 2.45) is 0 Å². The van der Waals surface area contributed by atoms with Gasteiger partial charge in [0.2, 0.25) is 0 Å². The summed E-state index contributed by atoms with van der Waals surface area (Å²) < 4.78 is 0.